The van der Waals surface area contributed by atoms with Crippen molar-refractivity contribution < 1.29 is 4.79 Å². The molecule has 45 heavy (non-hydrogen) atoms. The number of aromatic nitrogens is 1. The lowest BCUT2D eigenvalue weighted by molar-refractivity contribution is 0.0966. The molecule has 1 atom stereocenters. The number of carbonyl (C=O) groups excluding carboxylic acids is 1. The fourth-order valence-electron chi connectivity index (χ4n) is 7.36. The topological polar surface area (TPSA) is 35.0 Å². The number of Topliss-reactive ketones (excluding diaryl/α,β-unsaturated/α-hetero) is 1. The molecule has 6 nitrogen and oxygen atoms in total. The fourth-order valence-corrected chi connectivity index (χ4v) is 8.42. The summed E-state index contributed by atoms with van der Waals surface area (Å²) in [6.07, 6.45) is 7.69. The molecule has 1 aromatic heterocycles. The lowest BCUT2D eigenvalue weighted by atomic mass is 9.89. The Hall–Kier alpha value is -1.93. The summed E-state index contributed by atoms with van der Waals surface area (Å²) in [5.74, 6) is 0.308. The Labute approximate surface area is 287 Å². The molecule has 3 aromatic rings. The number of fused-ring (bicyclic) bond motifs is 1. The number of benzene rings is 2. The summed E-state index contributed by atoms with van der Waals surface area (Å²) < 4.78 is 2.41. The first-order valence-electron chi connectivity index (χ1n) is 16.2. The third-order valence-corrected chi connectivity index (χ3v) is 10.7. The number of anilines is 2. The van der Waals surface area contributed by atoms with E-state index < -0.39 is 0 Å². The first kappa shape index (κ1) is 33.0. The van der Waals surface area contributed by atoms with Crippen LogP contribution in [0.5, 0.6) is 0 Å². The maximum atomic E-state index is 13.4. The molecule has 2 aliphatic heterocycles. The van der Waals surface area contributed by atoms with Gasteiger partial charge in [-0.3, -0.25) is 14.6 Å². The average Bonchev–Trinajstić information content (AvgIpc) is 3.40. The van der Waals surface area contributed by atoms with E-state index >= 15 is 0 Å². The molecule has 0 N–H and O–H groups in total. The van der Waals surface area contributed by atoms with Crippen LogP contribution in [0.15, 0.2) is 42.6 Å². The number of halogens is 4. The molecule has 0 bridgehead atoms. The number of carbonyl (C=O) groups is 1. The predicted molar refractivity (Wildman–Crippen MR) is 189 cm³/mol. The SMILES string of the molecule is [CH2]CCC(c1cn(CCCN2CCN(c3ccc(Cl)cc3Cl)CC2)c2c1C(=O)CCC2)N1CCN(c2ccc(Cl)cc2Cl)CC1. The molecule has 0 amide bonds. The highest BCUT2D eigenvalue weighted by atomic mass is 35.5. The molecule has 2 saturated heterocycles. The molecule has 1 aliphatic carbocycles. The summed E-state index contributed by atoms with van der Waals surface area (Å²) in [6, 6.07) is 11.7. The second kappa shape index (κ2) is 14.9. The van der Waals surface area contributed by atoms with Gasteiger partial charge in [-0.15, -0.1) is 0 Å². The zero-order chi connectivity index (χ0) is 31.5. The third kappa shape index (κ3) is 7.47. The van der Waals surface area contributed by atoms with Gasteiger partial charge < -0.3 is 14.4 Å². The molecule has 10 heteroatoms. The van der Waals surface area contributed by atoms with Crippen LogP contribution in [0, 0.1) is 6.92 Å². The Morgan fingerprint density at radius 1 is 0.756 bits per heavy atom. The van der Waals surface area contributed by atoms with Crippen LogP contribution in [0.25, 0.3) is 0 Å². The summed E-state index contributed by atoms with van der Waals surface area (Å²) in [6.45, 7) is 13.7. The zero-order valence-electron chi connectivity index (χ0n) is 25.8. The summed E-state index contributed by atoms with van der Waals surface area (Å²) >= 11 is 25.3. The van der Waals surface area contributed by atoms with Gasteiger partial charge in [0.25, 0.3) is 0 Å². The van der Waals surface area contributed by atoms with Crippen LogP contribution in [0.3, 0.4) is 0 Å². The van der Waals surface area contributed by atoms with Crippen LogP contribution < -0.4 is 9.80 Å². The van der Waals surface area contributed by atoms with E-state index in [1.807, 2.05) is 36.4 Å². The van der Waals surface area contributed by atoms with Gasteiger partial charge in [-0.05, 0) is 74.2 Å². The van der Waals surface area contributed by atoms with Crippen molar-refractivity contribution in [1.82, 2.24) is 14.4 Å². The van der Waals surface area contributed by atoms with Gasteiger partial charge in [-0.1, -0.05) is 59.7 Å². The van der Waals surface area contributed by atoms with E-state index in [9.17, 15) is 4.79 Å². The molecule has 3 heterocycles. The Balaban J connectivity index is 1.10. The van der Waals surface area contributed by atoms with Gasteiger partial charge >= 0.3 is 0 Å². The van der Waals surface area contributed by atoms with Crippen molar-refractivity contribution in [2.24, 2.45) is 0 Å². The van der Waals surface area contributed by atoms with Gasteiger partial charge in [0.2, 0.25) is 0 Å². The number of hydrogen-bond donors (Lipinski definition) is 0. The second-order valence-electron chi connectivity index (χ2n) is 12.4. The molecule has 241 valence electrons. The second-order valence-corrected chi connectivity index (χ2v) is 14.1. The standard InChI is InChI=1S/C35H42Cl4N5O/c1-2-5-30(41-18-20-43(21-19-41)32-11-9-26(37)23-29(32)39)27-24-44(33-6-3-7-34(45)35(27)33)13-4-12-40-14-16-42(17-15-40)31-10-8-25(36)22-28(31)38/h8-11,22-24,30H,1-7,12-21H2. The maximum Gasteiger partial charge on any atom is 0.165 e. The molecule has 3 aliphatic rings. The number of hydrogen-bond acceptors (Lipinski definition) is 5. The predicted octanol–water partition coefficient (Wildman–Crippen LogP) is 8.31. The number of aryl methyl sites for hydroxylation is 1. The van der Waals surface area contributed by atoms with E-state index in [2.05, 4.69) is 37.3 Å². The lowest BCUT2D eigenvalue weighted by Crippen LogP contribution is -2.48. The summed E-state index contributed by atoms with van der Waals surface area (Å²) in [5.41, 5.74) is 5.54. The largest absolute Gasteiger partial charge is 0.368 e. The van der Waals surface area contributed by atoms with E-state index in [0.717, 1.165) is 114 Å². The molecule has 2 fully saturated rings. The van der Waals surface area contributed by atoms with Crippen LogP contribution >= 0.6 is 46.4 Å². The van der Waals surface area contributed by atoms with Crippen LogP contribution in [0.4, 0.5) is 11.4 Å². The Morgan fingerprint density at radius 3 is 1.93 bits per heavy atom. The van der Waals surface area contributed by atoms with E-state index in [0.29, 0.717) is 32.3 Å². The Bertz CT molecular complexity index is 1490. The number of ketones is 1. The fraction of sp³-hybridized carbons (Fsp3) is 0.486. The van der Waals surface area contributed by atoms with Crippen LogP contribution in [-0.2, 0) is 13.0 Å². The van der Waals surface area contributed by atoms with E-state index in [-0.39, 0.29) is 6.04 Å². The Morgan fingerprint density at radius 2 is 1.36 bits per heavy atom. The van der Waals surface area contributed by atoms with Gasteiger partial charge in [0.1, 0.15) is 0 Å². The van der Waals surface area contributed by atoms with Crippen molar-refractivity contribution in [3.8, 4) is 0 Å². The van der Waals surface area contributed by atoms with Gasteiger partial charge in [-0.25, -0.2) is 0 Å². The molecular weight excluding hydrogens is 648 g/mol. The van der Waals surface area contributed by atoms with Crippen molar-refractivity contribution in [2.45, 2.75) is 51.1 Å². The van der Waals surface area contributed by atoms with Gasteiger partial charge in [-0.2, -0.15) is 0 Å². The minimum atomic E-state index is 0.190. The van der Waals surface area contributed by atoms with E-state index in [1.165, 1.54) is 11.3 Å². The smallest absolute Gasteiger partial charge is 0.165 e. The number of piperazine rings is 2. The van der Waals surface area contributed by atoms with Crippen molar-refractivity contribution in [3.63, 3.8) is 0 Å². The molecule has 1 radical (unpaired) electrons. The molecular formula is C35H42Cl4N5O. The summed E-state index contributed by atoms with van der Waals surface area (Å²) in [7, 11) is 0. The van der Waals surface area contributed by atoms with E-state index in [1.54, 1.807) is 0 Å². The van der Waals surface area contributed by atoms with Crippen molar-refractivity contribution in [3.05, 3.63) is 86.4 Å². The number of nitrogens with zero attached hydrogens (tertiary/aromatic N) is 5. The number of rotatable bonds is 10. The van der Waals surface area contributed by atoms with Crippen molar-refractivity contribution in [1.29, 1.82) is 0 Å². The first-order chi connectivity index (χ1) is 21.8. The molecule has 0 spiro atoms. The van der Waals surface area contributed by atoms with Crippen LogP contribution in [0.2, 0.25) is 20.1 Å². The third-order valence-electron chi connectivity index (χ3n) is 9.65. The van der Waals surface area contributed by atoms with Crippen molar-refractivity contribution in [2.75, 3.05) is 68.7 Å². The highest BCUT2D eigenvalue weighted by molar-refractivity contribution is 6.37. The van der Waals surface area contributed by atoms with Gasteiger partial charge in [0.15, 0.2) is 5.78 Å². The monoisotopic (exact) mass is 688 g/mol. The lowest BCUT2D eigenvalue weighted by Gasteiger charge is -2.40. The van der Waals surface area contributed by atoms with E-state index in [4.69, 9.17) is 46.4 Å². The highest BCUT2D eigenvalue weighted by Crippen LogP contribution is 2.37. The highest BCUT2D eigenvalue weighted by Gasteiger charge is 2.33. The quantitative estimate of drug-likeness (QED) is 0.214. The van der Waals surface area contributed by atoms with Crippen LogP contribution in [0.1, 0.15) is 59.8 Å². The Kier molecular flexibility index (Phi) is 10.9. The minimum Gasteiger partial charge on any atom is -0.368 e. The summed E-state index contributed by atoms with van der Waals surface area (Å²) in [5, 5.41) is 2.72. The normalized spacial score (nSPS) is 18.8. The van der Waals surface area contributed by atoms with Gasteiger partial charge in [0.05, 0.1) is 21.4 Å². The van der Waals surface area contributed by atoms with Gasteiger partial charge in [0, 0.05) is 98.9 Å². The molecule has 0 saturated carbocycles. The van der Waals surface area contributed by atoms with Crippen molar-refractivity contribution >= 4 is 63.6 Å². The zero-order valence-corrected chi connectivity index (χ0v) is 28.8. The van der Waals surface area contributed by atoms with Crippen LogP contribution in [-0.4, -0.2) is 79.1 Å². The summed E-state index contributed by atoms with van der Waals surface area (Å²) in [4.78, 5) is 23.2. The first-order valence-corrected chi connectivity index (χ1v) is 17.7. The molecule has 1 unspecified atom stereocenters. The minimum absolute atomic E-state index is 0.190. The average molecular weight is 691 g/mol. The maximum absolute atomic E-state index is 13.4. The molecule has 2 aromatic carbocycles. The molecule has 6 rings (SSSR count).